The van der Waals surface area contributed by atoms with Gasteiger partial charge in [-0.25, -0.2) is 10.2 Å². The molecule has 0 radical (unpaired) electrons. The Morgan fingerprint density at radius 3 is 1.69 bits per heavy atom. The average Bonchev–Trinajstić information content (AvgIpc) is 3.63. The summed E-state index contributed by atoms with van der Waals surface area (Å²) in [6.07, 6.45) is 6.63. The molecule has 8 aromatic rings. The number of rotatable bonds is 6. The van der Waals surface area contributed by atoms with Crippen LogP contribution in [0.2, 0.25) is 0 Å². The molecule has 0 fully saturated rings. The van der Waals surface area contributed by atoms with Crippen LogP contribution < -0.4 is 14.2 Å². The first-order chi connectivity index (χ1) is 25.0. The van der Waals surface area contributed by atoms with Gasteiger partial charge in [0.25, 0.3) is 12.9 Å². The predicted octanol–water partition coefficient (Wildman–Crippen LogP) is 6.86. The van der Waals surface area contributed by atoms with Crippen molar-refractivity contribution in [1.82, 2.24) is 29.9 Å². The third-order valence-electron chi connectivity index (χ3n) is 7.32. The first kappa shape index (κ1) is 38.4. The molecule has 8 rings (SSSR count). The zero-order valence-electron chi connectivity index (χ0n) is 26.7. The summed E-state index contributed by atoms with van der Waals surface area (Å²) < 4.78 is 15.1. The smallest absolute Gasteiger partial charge is 0.753 e. The van der Waals surface area contributed by atoms with E-state index >= 15 is 0 Å². The third-order valence-corrected chi connectivity index (χ3v) is 7.32. The number of fused-ring (bicyclic) bond motifs is 9. The van der Waals surface area contributed by atoms with Crippen LogP contribution in [0.1, 0.15) is 0 Å². The SMILES string of the molecule is COc1ccc(-c2nc3c4cccnc4c4ncccc4c3[nH]2)cc1.N#C[S-].O=COc1ccnc2c1ccc1c(OC=O)ccnc12.[N-]=C=S.[Ru+2]. The Kier molecular flexibility index (Phi) is 13.7. The fourth-order valence-corrected chi connectivity index (χ4v) is 5.32. The van der Waals surface area contributed by atoms with Crippen LogP contribution in [0.25, 0.3) is 71.4 Å². The quantitative estimate of drug-likeness (QED) is 0.0349. The fourth-order valence-electron chi connectivity index (χ4n) is 5.32. The van der Waals surface area contributed by atoms with E-state index in [0.29, 0.717) is 46.2 Å². The van der Waals surface area contributed by atoms with Gasteiger partial charge in [0.2, 0.25) is 0 Å². The van der Waals surface area contributed by atoms with Crippen LogP contribution in [0, 0.1) is 10.7 Å². The van der Waals surface area contributed by atoms with Gasteiger partial charge in [-0.15, -0.1) is 0 Å². The topological polar surface area (TPSA) is 188 Å². The molecule has 0 spiro atoms. The number of nitrogens with zero attached hydrogens (tertiary/aromatic N) is 7. The normalized spacial score (nSPS) is 9.77. The van der Waals surface area contributed by atoms with Crippen LogP contribution in [0.15, 0.2) is 97.6 Å². The number of nitriles is 1. The number of carbonyl (C=O) groups excluding carboxylic acids is 2. The van der Waals surface area contributed by atoms with E-state index in [0.717, 1.165) is 50.0 Å². The van der Waals surface area contributed by atoms with Crippen molar-refractivity contribution in [2.24, 2.45) is 0 Å². The van der Waals surface area contributed by atoms with Gasteiger partial charge in [-0.1, -0.05) is 17.6 Å². The van der Waals surface area contributed by atoms with Crippen molar-refractivity contribution in [3.63, 3.8) is 0 Å². The zero-order valence-corrected chi connectivity index (χ0v) is 30.1. The van der Waals surface area contributed by atoms with Crippen LogP contribution in [0.4, 0.5) is 0 Å². The molecule has 1 N–H and O–H groups in total. The molecule has 0 aliphatic heterocycles. The molecule has 0 saturated heterocycles. The molecule has 0 aliphatic carbocycles. The Hall–Kier alpha value is -6.36. The summed E-state index contributed by atoms with van der Waals surface area (Å²) in [5.41, 5.74) is 5.79. The van der Waals surface area contributed by atoms with Gasteiger partial charge < -0.3 is 37.2 Å². The molecule has 0 amide bonds. The van der Waals surface area contributed by atoms with Crippen LogP contribution in [-0.4, -0.2) is 55.1 Å². The summed E-state index contributed by atoms with van der Waals surface area (Å²) in [5, 5.41) is 20.3. The number of pyridine rings is 4. The second kappa shape index (κ2) is 18.6. The van der Waals surface area contributed by atoms with Gasteiger partial charge >= 0.3 is 19.5 Å². The summed E-state index contributed by atoms with van der Waals surface area (Å²) in [5.74, 6) is 2.44. The summed E-state index contributed by atoms with van der Waals surface area (Å²) >= 11 is 7.40. The van der Waals surface area contributed by atoms with Gasteiger partial charge in [0, 0.05) is 51.9 Å². The van der Waals surface area contributed by atoms with Crippen molar-refractivity contribution in [3.8, 4) is 34.0 Å². The maximum absolute atomic E-state index is 10.5. The van der Waals surface area contributed by atoms with E-state index < -0.39 is 0 Å². The molecule has 0 unspecified atom stereocenters. The van der Waals surface area contributed by atoms with Crippen molar-refractivity contribution >= 4 is 97.6 Å². The zero-order chi connectivity index (χ0) is 36.2. The van der Waals surface area contributed by atoms with Crippen LogP contribution in [0.3, 0.4) is 0 Å². The molecule has 16 heteroatoms. The van der Waals surface area contributed by atoms with Crippen molar-refractivity contribution in [3.05, 3.63) is 103 Å². The number of hydrogen-bond acceptors (Lipinski definition) is 13. The van der Waals surface area contributed by atoms with Crippen molar-refractivity contribution in [2.75, 3.05) is 7.11 Å². The number of carbonyl (C=O) groups is 2. The number of isothiocyanates is 1. The van der Waals surface area contributed by atoms with E-state index in [4.69, 9.17) is 29.9 Å². The number of thiocyanates is 1. The minimum atomic E-state index is 0. The van der Waals surface area contributed by atoms with Gasteiger partial charge in [-0.05, 0) is 72.8 Å². The van der Waals surface area contributed by atoms with Crippen LogP contribution in [0.5, 0.6) is 17.2 Å². The van der Waals surface area contributed by atoms with Crippen LogP contribution >= 0.6 is 12.2 Å². The van der Waals surface area contributed by atoms with E-state index in [1.54, 1.807) is 43.8 Å². The minimum Gasteiger partial charge on any atom is -0.753 e. The van der Waals surface area contributed by atoms with E-state index in [2.05, 4.69) is 55.8 Å². The minimum absolute atomic E-state index is 0. The first-order valence-corrected chi connectivity index (χ1v) is 15.4. The summed E-state index contributed by atoms with van der Waals surface area (Å²) in [4.78, 5) is 46.9. The molecule has 0 saturated carbocycles. The van der Waals surface area contributed by atoms with Gasteiger partial charge in [0.05, 0.1) is 29.2 Å². The van der Waals surface area contributed by atoms with E-state index in [1.165, 1.54) is 23.0 Å². The van der Waals surface area contributed by atoms with Crippen molar-refractivity contribution < 1.29 is 43.3 Å². The molecule has 13 nitrogen and oxygen atoms in total. The molecule has 0 atom stereocenters. The second-order valence-electron chi connectivity index (χ2n) is 9.92. The number of hydrogen-bond donors (Lipinski definition) is 1. The number of ether oxygens (including phenoxy) is 3. The molecular formula is C36H22N8O5RuS2. The molecule has 5 aromatic heterocycles. The second-order valence-corrected chi connectivity index (χ2v) is 10.3. The molecule has 52 heavy (non-hydrogen) atoms. The molecule has 5 heterocycles. The standard InChI is InChI=1S/C20H14N4O.C14H8N2O4.CHNS.CNS.Ru/c1-25-13-8-6-12(7-9-13)20-23-18-14-4-2-10-21-16(14)17-15(19(18)24-20)5-3-11-22-17;17-7-19-11-3-5-15-13-9(11)1-2-10-12(20-8-18)4-6-16-14(10)13;2*2-1-3;/h2-11H,1H3,(H,23,24);1-8H;3H;;/q;;;-1;+2/p-1. The number of aromatic amines is 1. The largest absolute Gasteiger partial charge is 2.00 e. The Labute approximate surface area is 318 Å². The molecule has 0 bridgehead atoms. The van der Waals surface area contributed by atoms with Gasteiger partial charge in [-0.2, -0.15) is 5.16 Å². The Balaban J connectivity index is 0.000000203. The molecule has 256 valence electrons. The predicted molar refractivity (Wildman–Crippen MR) is 198 cm³/mol. The van der Waals surface area contributed by atoms with Crippen molar-refractivity contribution in [2.45, 2.75) is 0 Å². The fraction of sp³-hybridized carbons (Fsp3) is 0.0278. The average molecular weight is 812 g/mol. The summed E-state index contributed by atoms with van der Waals surface area (Å²) in [7, 11) is 1.66. The number of nitrogens with one attached hydrogen (secondary N) is 1. The number of methoxy groups -OCH3 is 1. The number of imidazole rings is 1. The Morgan fingerprint density at radius 2 is 1.19 bits per heavy atom. The summed E-state index contributed by atoms with van der Waals surface area (Å²) in [6, 6.07) is 22.5. The van der Waals surface area contributed by atoms with E-state index in [1.807, 2.05) is 42.5 Å². The number of benzene rings is 3. The third kappa shape index (κ3) is 8.16. The molecule has 3 aromatic carbocycles. The maximum Gasteiger partial charge on any atom is 2.00 e. The maximum atomic E-state index is 10.5. The number of thiocarbonyl (C=S) groups is 1. The van der Waals surface area contributed by atoms with E-state index in [-0.39, 0.29) is 19.5 Å². The molecular weight excluding hydrogens is 790 g/mol. The molecule has 0 aliphatic rings. The monoisotopic (exact) mass is 812 g/mol. The van der Waals surface area contributed by atoms with E-state index in [9.17, 15) is 9.59 Å². The number of aromatic nitrogens is 6. The van der Waals surface area contributed by atoms with Crippen molar-refractivity contribution in [1.29, 1.82) is 5.26 Å². The Bertz CT molecular complexity index is 2450. The van der Waals surface area contributed by atoms with Gasteiger partial charge in [-0.3, -0.25) is 29.5 Å². The number of H-pyrrole nitrogens is 1. The Morgan fingerprint density at radius 1 is 0.731 bits per heavy atom. The van der Waals surface area contributed by atoms with Gasteiger partial charge in [0.15, 0.2) is 0 Å². The summed E-state index contributed by atoms with van der Waals surface area (Å²) in [6.45, 7) is 0.719. The first-order valence-electron chi connectivity index (χ1n) is 14.6. The van der Waals surface area contributed by atoms with Crippen LogP contribution in [-0.2, 0) is 41.7 Å². The van der Waals surface area contributed by atoms with Gasteiger partial charge in [0.1, 0.15) is 34.1 Å².